The number of carbonyl (C=O) groups excluding carboxylic acids is 1. The number of amides is 2. The van der Waals surface area contributed by atoms with Crippen LogP contribution in [0.15, 0.2) is 10.6 Å². The molecule has 0 atom stereocenters. The van der Waals surface area contributed by atoms with Crippen LogP contribution in [0.25, 0.3) is 0 Å². The number of urea groups is 1. The maximum absolute atomic E-state index is 11.4. The zero-order chi connectivity index (χ0) is 13.8. The van der Waals surface area contributed by atoms with E-state index in [1.165, 1.54) is 13.8 Å². The molecule has 7 nitrogen and oxygen atoms in total. The number of hydrogen-bond acceptors (Lipinski definition) is 4. The van der Waals surface area contributed by atoms with Crippen LogP contribution in [0.1, 0.15) is 25.3 Å². The fraction of sp³-hybridized carbons (Fsp3) is 0.545. The van der Waals surface area contributed by atoms with E-state index in [-0.39, 0.29) is 13.1 Å². The van der Waals surface area contributed by atoms with Crippen molar-refractivity contribution < 1.29 is 19.2 Å². The summed E-state index contributed by atoms with van der Waals surface area (Å²) < 4.78 is 4.84. The zero-order valence-corrected chi connectivity index (χ0v) is 10.6. The smallest absolute Gasteiger partial charge is 0.315 e. The van der Waals surface area contributed by atoms with Crippen LogP contribution in [0, 0.1) is 12.3 Å². The number of hydrogen-bond donors (Lipinski definition) is 3. The molecule has 0 saturated carbocycles. The van der Waals surface area contributed by atoms with E-state index in [2.05, 4.69) is 15.8 Å². The predicted octanol–water partition coefficient (Wildman–Crippen LogP) is 0.893. The van der Waals surface area contributed by atoms with Gasteiger partial charge in [-0.25, -0.2) is 4.79 Å². The van der Waals surface area contributed by atoms with Gasteiger partial charge in [0, 0.05) is 12.6 Å². The highest BCUT2D eigenvalue weighted by Gasteiger charge is 2.27. The van der Waals surface area contributed by atoms with Crippen molar-refractivity contribution in [2.24, 2.45) is 5.41 Å². The van der Waals surface area contributed by atoms with Crippen molar-refractivity contribution in [3.8, 4) is 0 Å². The summed E-state index contributed by atoms with van der Waals surface area (Å²) in [7, 11) is 0. The van der Waals surface area contributed by atoms with Crippen LogP contribution >= 0.6 is 0 Å². The number of aliphatic carboxylic acids is 1. The van der Waals surface area contributed by atoms with Gasteiger partial charge in [0.15, 0.2) is 0 Å². The standard InChI is InChI=1S/C11H17N3O4/c1-7-4-8(14-18-7)5-12-10(17)13-6-11(2,3)9(15)16/h4H,5-6H2,1-3H3,(H,15,16)(H2,12,13,17). The van der Waals surface area contributed by atoms with Crippen LogP contribution in [0.5, 0.6) is 0 Å². The lowest BCUT2D eigenvalue weighted by Gasteiger charge is -2.19. The molecular weight excluding hydrogens is 238 g/mol. The van der Waals surface area contributed by atoms with Crippen LogP contribution in [0.4, 0.5) is 4.79 Å². The van der Waals surface area contributed by atoms with Crippen LogP contribution in [-0.4, -0.2) is 28.8 Å². The number of carboxylic acid groups (broad SMARTS) is 1. The Bertz CT molecular complexity index is 439. The van der Waals surface area contributed by atoms with Crippen molar-refractivity contribution in [1.82, 2.24) is 15.8 Å². The van der Waals surface area contributed by atoms with E-state index in [1.807, 2.05) is 0 Å². The first-order valence-corrected chi connectivity index (χ1v) is 5.48. The van der Waals surface area contributed by atoms with E-state index >= 15 is 0 Å². The Morgan fingerprint density at radius 1 is 1.44 bits per heavy atom. The number of carboxylic acids is 1. The van der Waals surface area contributed by atoms with Crippen LogP contribution in [0.2, 0.25) is 0 Å². The van der Waals surface area contributed by atoms with Crippen molar-refractivity contribution in [3.63, 3.8) is 0 Å². The van der Waals surface area contributed by atoms with Crippen molar-refractivity contribution in [2.45, 2.75) is 27.3 Å². The van der Waals surface area contributed by atoms with Gasteiger partial charge in [0.25, 0.3) is 0 Å². The molecule has 0 aliphatic carbocycles. The lowest BCUT2D eigenvalue weighted by atomic mass is 9.94. The highest BCUT2D eigenvalue weighted by Crippen LogP contribution is 2.12. The molecule has 1 rings (SSSR count). The van der Waals surface area contributed by atoms with Crippen LogP contribution < -0.4 is 10.6 Å². The molecule has 1 aromatic heterocycles. The average Bonchev–Trinajstić information content (AvgIpc) is 2.69. The second-order valence-electron chi connectivity index (χ2n) is 4.65. The Labute approximate surface area is 105 Å². The van der Waals surface area contributed by atoms with E-state index in [9.17, 15) is 9.59 Å². The third-order valence-corrected chi connectivity index (χ3v) is 2.38. The van der Waals surface area contributed by atoms with E-state index in [1.54, 1.807) is 13.0 Å². The fourth-order valence-corrected chi connectivity index (χ4v) is 1.11. The third-order valence-electron chi connectivity index (χ3n) is 2.38. The second kappa shape index (κ2) is 5.52. The normalized spacial score (nSPS) is 11.1. The maximum atomic E-state index is 11.4. The molecule has 0 radical (unpaired) electrons. The number of carbonyl (C=O) groups is 2. The summed E-state index contributed by atoms with van der Waals surface area (Å²) in [5, 5.41) is 17.6. The summed E-state index contributed by atoms with van der Waals surface area (Å²) >= 11 is 0. The Balaban J connectivity index is 2.32. The predicted molar refractivity (Wildman–Crippen MR) is 62.9 cm³/mol. The van der Waals surface area contributed by atoms with Crippen LogP contribution in [-0.2, 0) is 11.3 Å². The molecule has 0 aliphatic rings. The van der Waals surface area contributed by atoms with Gasteiger partial charge in [0.2, 0.25) is 0 Å². The first-order chi connectivity index (χ1) is 8.31. The lowest BCUT2D eigenvalue weighted by Crippen LogP contribution is -2.43. The number of nitrogens with one attached hydrogen (secondary N) is 2. The number of nitrogens with zero attached hydrogens (tertiary/aromatic N) is 1. The minimum atomic E-state index is -0.998. The van der Waals surface area contributed by atoms with E-state index < -0.39 is 17.4 Å². The Morgan fingerprint density at radius 2 is 2.11 bits per heavy atom. The minimum absolute atomic E-state index is 0.0476. The minimum Gasteiger partial charge on any atom is -0.481 e. The van der Waals surface area contributed by atoms with Gasteiger partial charge in [-0.3, -0.25) is 4.79 Å². The highest BCUT2D eigenvalue weighted by molar-refractivity contribution is 5.77. The van der Waals surface area contributed by atoms with Gasteiger partial charge in [0.05, 0.1) is 12.0 Å². The molecule has 0 fully saturated rings. The molecule has 2 amide bonds. The molecule has 100 valence electrons. The third kappa shape index (κ3) is 4.08. The van der Waals surface area contributed by atoms with Crippen LogP contribution in [0.3, 0.4) is 0 Å². The topological polar surface area (TPSA) is 104 Å². The summed E-state index contributed by atoms with van der Waals surface area (Å²) in [6, 6.07) is 1.27. The Kier molecular flexibility index (Phi) is 4.30. The molecular formula is C11H17N3O4. The summed E-state index contributed by atoms with van der Waals surface area (Å²) in [5.41, 5.74) is -0.387. The van der Waals surface area contributed by atoms with E-state index in [4.69, 9.17) is 9.63 Å². The van der Waals surface area contributed by atoms with E-state index in [0.29, 0.717) is 11.5 Å². The van der Waals surface area contributed by atoms with Gasteiger partial charge in [-0.2, -0.15) is 0 Å². The Morgan fingerprint density at radius 3 is 2.61 bits per heavy atom. The molecule has 7 heteroatoms. The molecule has 0 aliphatic heterocycles. The molecule has 18 heavy (non-hydrogen) atoms. The van der Waals surface area contributed by atoms with Crippen molar-refractivity contribution in [2.75, 3.05) is 6.54 Å². The summed E-state index contributed by atoms with van der Waals surface area (Å²) in [5.74, 6) is -0.297. The molecule has 1 aromatic rings. The molecule has 1 heterocycles. The quantitative estimate of drug-likeness (QED) is 0.724. The van der Waals surface area contributed by atoms with Crippen molar-refractivity contribution in [3.05, 3.63) is 17.5 Å². The lowest BCUT2D eigenvalue weighted by molar-refractivity contribution is -0.146. The van der Waals surface area contributed by atoms with Crippen molar-refractivity contribution in [1.29, 1.82) is 0 Å². The Hall–Kier alpha value is -2.05. The van der Waals surface area contributed by atoms with Crippen molar-refractivity contribution >= 4 is 12.0 Å². The second-order valence-corrected chi connectivity index (χ2v) is 4.65. The van der Waals surface area contributed by atoms with Gasteiger partial charge >= 0.3 is 12.0 Å². The monoisotopic (exact) mass is 255 g/mol. The fourth-order valence-electron chi connectivity index (χ4n) is 1.11. The molecule has 0 bridgehead atoms. The first kappa shape index (κ1) is 14.0. The van der Waals surface area contributed by atoms with Gasteiger partial charge in [0.1, 0.15) is 11.5 Å². The highest BCUT2D eigenvalue weighted by atomic mass is 16.5. The maximum Gasteiger partial charge on any atom is 0.315 e. The largest absolute Gasteiger partial charge is 0.481 e. The zero-order valence-electron chi connectivity index (χ0n) is 10.6. The SMILES string of the molecule is Cc1cc(CNC(=O)NCC(C)(C)C(=O)O)no1. The average molecular weight is 255 g/mol. The first-order valence-electron chi connectivity index (χ1n) is 5.48. The van der Waals surface area contributed by atoms with E-state index in [0.717, 1.165) is 0 Å². The summed E-state index contributed by atoms with van der Waals surface area (Å²) in [6.45, 7) is 5.11. The van der Waals surface area contributed by atoms with Gasteiger partial charge in [-0.05, 0) is 20.8 Å². The molecule has 3 N–H and O–H groups in total. The summed E-state index contributed by atoms with van der Waals surface area (Å²) in [4.78, 5) is 22.2. The molecule has 0 spiro atoms. The molecule has 0 unspecified atom stereocenters. The number of aromatic nitrogens is 1. The van der Waals surface area contributed by atoms with Gasteiger partial charge in [-0.1, -0.05) is 5.16 Å². The summed E-state index contributed by atoms with van der Waals surface area (Å²) in [6.07, 6.45) is 0. The number of aryl methyl sites for hydroxylation is 1. The van der Waals surface area contributed by atoms with Gasteiger partial charge < -0.3 is 20.3 Å². The molecule has 0 saturated heterocycles. The molecule has 0 aromatic carbocycles. The number of rotatable bonds is 5. The van der Waals surface area contributed by atoms with Gasteiger partial charge in [-0.15, -0.1) is 0 Å².